The van der Waals surface area contributed by atoms with Gasteiger partial charge in [0.05, 0.1) is 17.9 Å². The van der Waals surface area contributed by atoms with Crippen molar-refractivity contribution in [1.82, 2.24) is 9.78 Å². The molecule has 18 heavy (non-hydrogen) atoms. The van der Waals surface area contributed by atoms with Crippen LogP contribution in [0.2, 0.25) is 0 Å². The molecule has 1 aromatic carbocycles. The standard InChI is InChI=1S/C13H15BrN2O2/c1-8-6-10(4-5-12(8)14)18-13-11(7-17)9(2)15-16(13)3/h4-6,17H,7H2,1-3H3. The summed E-state index contributed by atoms with van der Waals surface area (Å²) < 4.78 is 8.48. The normalized spacial score (nSPS) is 10.7. The van der Waals surface area contributed by atoms with Crippen LogP contribution in [0.3, 0.4) is 0 Å². The van der Waals surface area contributed by atoms with Crippen molar-refractivity contribution in [1.29, 1.82) is 0 Å². The number of hydrogen-bond acceptors (Lipinski definition) is 3. The van der Waals surface area contributed by atoms with E-state index in [9.17, 15) is 5.11 Å². The molecule has 96 valence electrons. The Balaban J connectivity index is 2.36. The van der Waals surface area contributed by atoms with Gasteiger partial charge >= 0.3 is 0 Å². The number of hydrogen-bond donors (Lipinski definition) is 1. The average Bonchev–Trinajstić information content (AvgIpc) is 2.58. The van der Waals surface area contributed by atoms with Crippen LogP contribution in [0.25, 0.3) is 0 Å². The average molecular weight is 311 g/mol. The molecule has 5 heteroatoms. The summed E-state index contributed by atoms with van der Waals surface area (Å²) in [7, 11) is 1.80. The summed E-state index contributed by atoms with van der Waals surface area (Å²) in [6.45, 7) is 3.77. The van der Waals surface area contributed by atoms with Crippen LogP contribution in [0.15, 0.2) is 22.7 Å². The molecule has 0 atom stereocenters. The Bertz CT molecular complexity index is 579. The van der Waals surface area contributed by atoms with Crippen molar-refractivity contribution in [3.8, 4) is 11.6 Å². The van der Waals surface area contributed by atoms with E-state index in [0.717, 1.165) is 27.0 Å². The molecule has 0 spiro atoms. The van der Waals surface area contributed by atoms with Gasteiger partial charge in [0.2, 0.25) is 5.88 Å². The first-order valence-electron chi connectivity index (χ1n) is 5.60. The Morgan fingerprint density at radius 1 is 1.39 bits per heavy atom. The fourth-order valence-corrected chi connectivity index (χ4v) is 2.03. The molecular weight excluding hydrogens is 296 g/mol. The summed E-state index contributed by atoms with van der Waals surface area (Å²) in [6.07, 6.45) is 0. The Morgan fingerprint density at radius 3 is 2.72 bits per heavy atom. The van der Waals surface area contributed by atoms with Gasteiger partial charge in [-0.05, 0) is 37.6 Å². The van der Waals surface area contributed by atoms with Crippen LogP contribution in [-0.4, -0.2) is 14.9 Å². The minimum Gasteiger partial charge on any atom is -0.439 e. The third kappa shape index (κ3) is 2.42. The lowest BCUT2D eigenvalue weighted by molar-refractivity contribution is 0.274. The number of ether oxygens (including phenoxy) is 1. The number of benzene rings is 1. The van der Waals surface area contributed by atoms with E-state index in [2.05, 4.69) is 21.0 Å². The zero-order valence-electron chi connectivity index (χ0n) is 10.6. The monoisotopic (exact) mass is 310 g/mol. The summed E-state index contributed by atoms with van der Waals surface area (Å²) in [4.78, 5) is 0. The Morgan fingerprint density at radius 2 is 2.11 bits per heavy atom. The summed E-state index contributed by atoms with van der Waals surface area (Å²) >= 11 is 3.45. The van der Waals surface area contributed by atoms with Gasteiger partial charge in [-0.25, -0.2) is 4.68 Å². The second-order valence-corrected chi connectivity index (χ2v) is 5.02. The maximum Gasteiger partial charge on any atom is 0.223 e. The molecule has 0 saturated carbocycles. The number of aliphatic hydroxyl groups is 1. The van der Waals surface area contributed by atoms with Crippen LogP contribution in [0.4, 0.5) is 0 Å². The first-order valence-corrected chi connectivity index (χ1v) is 6.39. The van der Waals surface area contributed by atoms with E-state index in [1.807, 2.05) is 32.0 Å². The first kappa shape index (κ1) is 13.1. The smallest absolute Gasteiger partial charge is 0.223 e. The van der Waals surface area contributed by atoms with Crippen molar-refractivity contribution in [2.24, 2.45) is 7.05 Å². The van der Waals surface area contributed by atoms with Gasteiger partial charge in [0.15, 0.2) is 0 Å². The zero-order valence-corrected chi connectivity index (χ0v) is 12.2. The maximum atomic E-state index is 9.35. The van der Waals surface area contributed by atoms with Gasteiger partial charge in [0.25, 0.3) is 0 Å². The Labute approximate surface area is 114 Å². The summed E-state index contributed by atoms with van der Waals surface area (Å²) in [5, 5.41) is 13.6. The summed E-state index contributed by atoms with van der Waals surface area (Å²) in [6, 6.07) is 5.75. The van der Waals surface area contributed by atoms with Crippen molar-refractivity contribution in [2.75, 3.05) is 0 Å². The fourth-order valence-electron chi connectivity index (χ4n) is 1.78. The Kier molecular flexibility index (Phi) is 3.73. The van der Waals surface area contributed by atoms with Gasteiger partial charge in [0.1, 0.15) is 5.75 Å². The van der Waals surface area contributed by atoms with Gasteiger partial charge in [-0.2, -0.15) is 5.10 Å². The molecule has 0 aliphatic heterocycles. The molecule has 2 rings (SSSR count). The molecule has 1 aromatic heterocycles. The molecule has 1 N–H and O–H groups in total. The lowest BCUT2D eigenvalue weighted by Crippen LogP contribution is -1.97. The Hall–Kier alpha value is -1.33. The molecule has 0 bridgehead atoms. The quantitative estimate of drug-likeness (QED) is 0.947. The van der Waals surface area contributed by atoms with E-state index >= 15 is 0 Å². The summed E-state index contributed by atoms with van der Waals surface area (Å²) in [5.74, 6) is 1.31. The second kappa shape index (κ2) is 5.12. The molecule has 0 aliphatic carbocycles. The van der Waals surface area contributed by atoms with Crippen molar-refractivity contribution < 1.29 is 9.84 Å². The van der Waals surface area contributed by atoms with Gasteiger partial charge in [-0.15, -0.1) is 0 Å². The van der Waals surface area contributed by atoms with Gasteiger partial charge < -0.3 is 9.84 Å². The molecule has 0 radical (unpaired) electrons. The van der Waals surface area contributed by atoms with Crippen LogP contribution in [0.5, 0.6) is 11.6 Å². The molecule has 2 aromatic rings. The van der Waals surface area contributed by atoms with Crippen LogP contribution >= 0.6 is 15.9 Å². The molecule has 0 amide bonds. The summed E-state index contributed by atoms with van der Waals surface area (Å²) in [5.41, 5.74) is 2.60. The molecular formula is C13H15BrN2O2. The highest BCUT2D eigenvalue weighted by Gasteiger charge is 2.14. The van der Waals surface area contributed by atoms with Gasteiger partial charge in [0, 0.05) is 11.5 Å². The van der Waals surface area contributed by atoms with Crippen LogP contribution in [-0.2, 0) is 13.7 Å². The third-order valence-electron chi connectivity index (χ3n) is 2.79. The molecule has 1 heterocycles. The second-order valence-electron chi connectivity index (χ2n) is 4.16. The van der Waals surface area contributed by atoms with Crippen LogP contribution < -0.4 is 4.74 Å². The number of rotatable bonds is 3. The van der Waals surface area contributed by atoms with Crippen molar-refractivity contribution in [3.05, 3.63) is 39.5 Å². The molecule has 0 aliphatic rings. The van der Waals surface area contributed by atoms with E-state index in [4.69, 9.17) is 4.74 Å². The first-order chi connectivity index (χ1) is 8.52. The van der Waals surface area contributed by atoms with Gasteiger partial charge in [-0.1, -0.05) is 15.9 Å². The highest BCUT2D eigenvalue weighted by molar-refractivity contribution is 9.10. The van der Waals surface area contributed by atoms with E-state index in [-0.39, 0.29) is 6.61 Å². The number of aryl methyl sites for hydroxylation is 3. The molecule has 0 unspecified atom stereocenters. The number of aliphatic hydroxyl groups excluding tert-OH is 1. The number of nitrogens with zero attached hydrogens (tertiary/aromatic N) is 2. The molecule has 0 fully saturated rings. The lowest BCUT2D eigenvalue weighted by atomic mass is 10.2. The SMILES string of the molecule is Cc1cc(Oc2c(CO)c(C)nn2C)ccc1Br. The topological polar surface area (TPSA) is 47.3 Å². The minimum absolute atomic E-state index is 0.0789. The lowest BCUT2D eigenvalue weighted by Gasteiger charge is -2.09. The number of aromatic nitrogens is 2. The van der Waals surface area contributed by atoms with E-state index in [1.54, 1.807) is 11.7 Å². The predicted octanol–water partition coefficient (Wildman–Crippen LogP) is 3.08. The fraction of sp³-hybridized carbons (Fsp3) is 0.308. The predicted molar refractivity (Wildman–Crippen MR) is 72.8 cm³/mol. The maximum absolute atomic E-state index is 9.35. The highest BCUT2D eigenvalue weighted by atomic mass is 79.9. The third-order valence-corrected chi connectivity index (χ3v) is 3.68. The van der Waals surface area contributed by atoms with E-state index in [0.29, 0.717) is 5.88 Å². The van der Waals surface area contributed by atoms with E-state index in [1.165, 1.54) is 0 Å². The van der Waals surface area contributed by atoms with E-state index < -0.39 is 0 Å². The zero-order chi connectivity index (χ0) is 13.3. The van der Waals surface area contributed by atoms with Crippen molar-refractivity contribution in [3.63, 3.8) is 0 Å². The molecule has 4 nitrogen and oxygen atoms in total. The number of halogens is 1. The van der Waals surface area contributed by atoms with Gasteiger partial charge in [-0.3, -0.25) is 0 Å². The highest BCUT2D eigenvalue weighted by Crippen LogP contribution is 2.29. The molecule has 0 saturated heterocycles. The minimum atomic E-state index is -0.0789. The van der Waals surface area contributed by atoms with Crippen LogP contribution in [0, 0.1) is 13.8 Å². The largest absolute Gasteiger partial charge is 0.439 e. The van der Waals surface area contributed by atoms with Crippen LogP contribution in [0.1, 0.15) is 16.8 Å². The van der Waals surface area contributed by atoms with Crippen molar-refractivity contribution >= 4 is 15.9 Å². The van der Waals surface area contributed by atoms with Crippen molar-refractivity contribution in [2.45, 2.75) is 20.5 Å².